The van der Waals surface area contributed by atoms with E-state index in [0.29, 0.717) is 12.1 Å². The van der Waals surface area contributed by atoms with Crippen molar-refractivity contribution in [1.82, 2.24) is 25.9 Å². The molecule has 2 aromatic rings. The van der Waals surface area contributed by atoms with Gasteiger partial charge in [0.1, 0.15) is 18.1 Å². The van der Waals surface area contributed by atoms with Crippen LogP contribution in [0.3, 0.4) is 0 Å². The lowest BCUT2D eigenvalue weighted by molar-refractivity contribution is -0.142. The number of nitrogens with one attached hydrogen (secondary N) is 4. The molecule has 5 unspecified atom stereocenters. The third-order valence-electron chi connectivity index (χ3n) is 5.77. The number of aliphatic carboxylic acids is 1. The predicted molar refractivity (Wildman–Crippen MR) is 129 cm³/mol. The van der Waals surface area contributed by atoms with Gasteiger partial charge >= 0.3 is 5.97 Å². The summed E-state index contributed by atoms with van der Waals surface area (Å²) in [5.74, 6) is -3.20. The second-order valence-electron chi connectivity index (χ2n) is 8.58. The zero-order valence-electron chi connectivity index (χ0n) is 20.2. The van der Waals surface area contributed by atoms with Gasteiger partial charge in [-0.1, -0.05) is 50.6 Å². The van der Waals surface area contributed by atoms with Crippen LogP contribution in [0.5, 0.6) is 0 Å². The van der Waals surface area contributed by atoms with Crippen molar-refractivity contribution in [1.29, 1.82) is 0 Å². The standard InChI is InChI=1S/C24H34N6O5/c1-4-14(2)20(23(33)28-15(3)24(34)35)30-22(32)19(11-17-12-26-13-27-17)29-21(31)18(25)10-16-8-6-5-7-9-16/h5-9,12-15,18-20H,4,10-11,25H2,1-3H3,(H,26,27)(H,28,33)(H,29,31)(H,30,32)(H,34,35). The van der Waals surface area contributed by atoms with Crippen LogP contribution in [0.1, 0.15) is 38.4 Å². The maximum atomic E-state index is 13.2. The Hall–Kier alpha value is -3.73. The van der Waals surface area contributed by atoms with Gasteiger partial charge in [-0.05, 0) is 24.8 Å². The van der Waals surface area contributed by atoms with Crippen molar-refractivity contribution in [2.24, 2.45) is 11.7 Å². The molecule has 5 atom stereocenters. The molecule has 7 N–H and O–H groups in total. The summed E-state index contributed by atoms with van der Waals surface area (Å²) in [5, 5.41) is 16.9. The Bertz CT molecular complexity index is 982. The first-order valence-electron chi connectivity index (χ1n) is 11.5. The van der Waals surface area contributed by atoms with Crippen LogP contribution in [-0.2, 0) is 32.0 Å². The zero-order chi connectivity index (χ0) is 26.0. The van der Waals surface area contributed by atoms with Crippen molar-refractivity contribution in [3.05, 3.63) is 54.1 Å². The molecule has 0 aliphatic heterocycles. The number of aromatic amines is 1. The molecule has 1 heterocycles. The molecule has 0 saturated carbocycles. The van der Waals surface area contributed by atoms with Gasteiger partial charge in [0.2, 0.25) is 17.7 Å². The second kappa shape index (κ2) is 13.2. The van der Waals surface area contributed by atoms with E-state index in [1.165, 1.54) is 19.4 Å². The highest BCUT2D eigenvalue weighted by Gasteiger charge is 2.32. The Morgan fingerprint density at radius 2 is 1.69 bits per heavy atom. The van der Waals surface area contributed by atoms with Crippen LogP contribution in [0.4, 0.5) is 0 Å². The van der Waals surface area contributed by atoms with Crippen molar-refractivity contribution in [2.45, 2.75) is 64.2 Å². The lowest BCUT2D eigenvalue weighted by Crippen LogP contribution is -2.59. The van der Waals surface area contributed by atoms with Crippen molar-refractivity contribution < 1.29 is 24.3 Å². The average molecular weight is 487 g/mol. The fourth-order valence-corrected chi connectivity index (χ4v) is 3.39. The molecule has 0 aliphatic carbocycles. The Kier molecular flexibility index (Phi) is 10.4. The van der Waals surface area contributed by atoms with E-state index in [4.69, 9.17) is 10.8 Å². The van der Waals surface area contributed by atoms with Crippen LogP contribution in [0.2, 0.25) is 0 Å². The average Bonchev–Trinajstić information content (AvgIpc) is 3.35. The first-order valence-corrected chi connectivity index (χ1v) is 11.5. The van der Waals surface area contributed by atoms with E-state index in [9.17, 15) is 19.2 Å². The van der Waals surface area contributed by atoms with Crippen LogP contribution < -0.4 is 21.7 Å². The third kappa shape index (κ3) is 8.53. The van der Waals surface area contributed by atoms with Crippen LogP contribution in [0.25, 0.3) is 0 Å². The Labute approximate surface area is 204 Å². The number of carboxylic acids is 1. The summed E-state index contributed by atoms with van der Waals surface area (Å²) >= 11 is 0. The minimum absolute atomic E-state index is 0.0933. The number of amides is 3. The fourth-order valence-electron chi connectivity index (χ4n) is 3.39. The molecule has 0 bridgehead atoms. The fraction of sp³-hybridized carbons (Fsp3) is 0.458. The van der Waals surface area contributed by atoms with Crippen molar-refractivity contribution in [2.75, 3.05) is 0 Å². The lowest BCUT2D eigenvalue weighted by Gasteiger charge is -2.27. The summed E-state index contributed by atoms with van der Waals surface area (Å²) in [6.45, 7) is 4.96. The van der Waals surface area contributed by atoms with E-state index >= 15 is 0 Å². The van der Waals surface area contributed by atoms with Gasteiger partial charge in [-0.25, -0.2) is 4.98 Å². The largest absolute Gasteiger partial charge is 0.480 e. The SMILES string of the molecule is CCC(C)C(NC(=O)C(Cc1cnc[nH]1)NC(=O)C(N)Cc1ccccc1)C(=O)NC(C)C(=O)O. The summed E-state index contributed by atoms with van der Waals surface area (Å²) in [7, 11) is 0. The summed E-state index contributed by atoms with van der Waals surface area (Å²) in [4.78, 5) is 56.8. The van der Waals surface area contributed by atoms with Gasteiger partial charge in [0, 0.05) is 18.3 Å². The van der Waals surface area contributed by atoms with Gasteiger partial charge in [0.05, 0.1) is 12.4 Å². The number of nitrogens with two attached hydrogens (primary N) is 1. The first kappa shape index (κ1) is 27.5. The number of nitrogens with zero attached hydrogens (tertiary/aromatic N) is 1. The smallest absolute Gasteiger partial charge is 0.325 e. The van der Waals surface area contributed by atoms with Gasteiger partial charge in [0.15, 0.2) is 0 Å². The van der Waals surface area contributed by atoms with Gasteiger partial charge in [-0.15, -0.1) is 0 Å². The third-order valence-corrected chi connectivity index (χ3v) is 5.77. The highest BCUT2D eigenvalue weighted by atomic mass is 16.4. The molecule has 0 radical (unpaired) electrons. The van der Waals surface area contributed by atoms with E-state index in [0.717, 1.165) is 5.56 Å². The van der Waals surface area contributed by atoms with Crippen LogP contribution in [0.15, 0.2) is 42.9 Å². The highest BCUT2D eigenvalue weighted by Crippen LogP contribution is 2.10. The predicted octanol–water partition coefficient (Wildman–Crippen LogP) is 0.127. The summed E-state index contributed by atoms with van der Waals surface area (Å²) in [6, 6.07) is 5.22. The Morgan fingerprint density at radius 3 is 2.26 bits per heavy atom. The van der Waals surface area contributed by atoms with E-state index in [2.05, 4.69) is 25.9 Å². The molecule has 11 heteroatoms. The molecule has 0 spiro atoms. The molecule has 35 heavy (non-hydrogen) atoms. The summed E-state index contributed by atoms with van der Waals surface area (Å²) < 4.78 is 0. The summed E-state index contributed by atoms with van der Waals surface area (Å²) in [6.07, 6.45) is 3.92. The highest BCUT2D eigenvalue weighted by molar-refractivity contribution is 5.94. The monoisotopic (exact) mass is 486 g/mol. The van der Waals surface area contributed by atoms with Gasteiger partial charge in [-0.3, -0.25) is 19.2 Å². The van der Waals surface area contributed by atoms with E-state index in [1.54, 1.807) is 6.92 Å². The molecule has 2 rings (SSSR count). The van der Waals surface area contributed by atoms with E-state index < -0.39 is 47.9 Å². The number of H-pyrrole nitrogens is 1. The molecule has 1 aromatic carbocycles. The molecule has 190 valence electrons. The number of imidazole rings is 1. The molecule has 1 aromatic heterocycles. The topological polar surface area (TPSA) is 179 Å². The number of carboxylic acid groups (broad SMARTS) is 1. The van der Waals surface area contributed by atoms with Gasteiger partial charge in [-0.2, -0.15) is 0 Å². The molecule has 0 saturated heterocycles. The Morgan fingerprint density at radius 1 is 1.00 bits per heavy atom. The van der Waals surface area contributed by atoms with Crippen LogP contribution >= 0.6 is 0 Å². The molecule has 0 fully saturated rings. The van der Waals surface area contributed by atoms with Crippen molar-refractivity contribution in [3.63, 3.8) is 0 Å². The quantitative estimate of drug-likeness (QED) is 0.233. The number of rotatable bonds is 13. The number of benzene rings is 1. The molecule has 11 nitrogen and oxygen atoms in total. The van der Waals surface area contributed by atoms with Crippen molar-refractivity contribution >= 4 is 23.7 Å². The van der Waals surface area contributed by atoms with Crippen LogP contribution in [-0.4, -0.2) is 62.9 Å². The molecular formula is C24H34N6O5. The lowest BCUT2D eigenvalue weighted by atomic mass is 9.97. The first-order chi connectivity index (χ1) is 16.6. The van der Waals surface area contributed by atoms with Crippen LogP contribution in [0, 0.1) is 5.92 Å². The number of hydrogen-bond acceptors (Lipinski definition) is 6. The zero-order valence-corrected chi connectivity index (χ0v) is 20.2. The number of hydrogen-bond donors (Lipinski definition) is 6. The van der Waals surface area contributed by atoms with E-state index in [-0.39, 0.29) is 18.8 Å². The second-order valence-corrected chi connectivity index (χ2v) is 8.58. The molecule has 0 aliphatic rings. The maximum Gasteiger partial charge on any atom is 0.325 e. The minimum Gasteiger partial charge on any atom is -0.480 e. The number of carbonyl (C=O) groups is 4. The minimum atomic E-state index is -1.19. The van der Waals surface area contributed by atoms with Gasteiger partial charge in [0.25, 0.3) is 0 Å². The number of carbonyl (C=O) groups excluding carboxylic acids is 3. The van der Waals surface area contributed by atoms with E-state index in [1.807, 2.05) is 37.3 Å². The van der Waals surface area contributed by atoms with Gasteiger partial charge < -0.3 is 31.8 Å². The maximum absolute atomic E-state index is 13.2. The summed E-state index contributed by atoms with van der Waals surface area (Å²) in [5.41, 5.74) is 7.57. The Balaban J connectivity index is 2.16. The number of aromatic nitrogens is 2. The molecule has 3 amide bonds. The normalized spacial score (nSPS) is 15.2. The molecular weight excluding hydrogens is 452 g/mol. The van der Waals surface area contributed by atoms with Crippen molar-refractivity contribution in [3.8, 4) is 0 Å².